The summed E-state index contributed by atoms with van der Waals surface area (Å²) in [5.41, 5.74) is 0. The minimum atomic E-state index is -3.09. The van der Waals surface area contributed by atoms with Crippen LogP contribution < -0.4 is 0 Å². The van der Waals surface area contributed by atoms with Crippen LogP contribution in [0.3, 0.4) is 0 Å². The SMILES string of the molecule is CCOP(=O)(OCC)[C@@H]1[C@H]2CCC[C@H]2ON1C. The normalized spacial score (nSPS) is 34.2. The van der Waals surface area contributed by atoms with Crippen LogP contribution in [0.15, 0.2) is 0 Å². The molecule has 5 nitrogen and oxygen atoms in total. The van der Waals surface area contributed by atoms with Crippen molar-refractivity contribution in [1.82, 2.24) is 5.06 Å². The van der Waals surface area contributed by atoms with E-state index in [4.69, 9.17) is 13.9 Å². The maximum atomic E-state index is 12.8. The Labute approximate surface area is 103 Å². The van der Waals surface area contributed by atoms with Gasteiger partial charge in [-0.05, 0) is 26.7 Å². The van der Waals surface area contributed by atoms with Crippen LogP contribution in [0.25, 0.3) is 0 Å². The standard InChI is InChI=1S/C11H22NO4P/c1-4-14-17(13,15-5-2)11-9-7-6-8-10(9)16-12(11)3/h9-11H,4-8H2,1-3H3/t9-,10+,11+/m0/s1. The summed E-state index contributed by atoms with van der Waals surface area (Å²) >= 11 is 0. The summed E-state index contributed by atoms with van der Waals surface area (Å²) < 4.78 is 23.7. The van der Waals surface area contributed by atoms with Gasteiger partial charge in [-0.1, -0.05) is 6.42 Å². The first-order valence-corrected chi connectivity index (χ1v) is 8.02. The largest absolute Gasteiger partial charge is 0.350 e. The molecule has 0 N–H and O–H groups in total. The lowest BCUT2D eigenvalue weighted by Gasteiger charge is -2.29. The number of hydroxylamine groups is 2. The van der Waals surface area contributed by atoms with Gasteiger partial charge < -0.3 is 9.05 Å². The molecule has 1 saturated heterocycles. The van der Waals surface area contributed by atoms with Crippen LogP contribution in [0.2, 0.25) is 0 Å². The molecule has 1 heterocycles. The highest BCUT2D eigenvalue weighted by molar-refractivity contribution is 7.54. The summed E-state index contributed by atoms with van der Waals surface area (Å²) in [6.07, 6.45) is 3.42. The first kappa shape index (κ1) is 13.5. The number of rotatable bonds is 5. The van der Waals surface area contributed by atoms with Gasteiger partial charge in [0.2, 0.25) is 0 Å². The summed E-state index contributed by atoms with van der Waals surface area (Å²) in [5, 5.41) is 1.70. The van der Waals surface area contributed by atoms with Gasteiger partial charge in [-0.15, -0.1) is 0 Å². The van der Waals surface area contributed by atoms with Gasteiger partial charge in [-0.2, -0.15) is 5.06 Å². The quantitative estimate of drug-likeness (QED) is 0.713. The predicted molar refractivity (Wildman–Crippen MR) is 64.6 cm³/mol. The zero-order chi connectivity index (χ0) is 12.5. The van der Waals surface area contributed by atoms with Crippen molar-refractivity contribution in [2.75, 3.05) is 20.3 Å². The molecule has 0 aromatic heterocycles. The summed E-state index contributed by atoms with van der Waals surface area (Å²) in [7, 11) is -1.27. The van der Waals surface area contributed by atoms with E-state index in [1.807, 2.05) is 20.9 Å². The van der Waals surface area contributed by atoms with E-state index < -0.39 is 7.60 Å². The zero-order valence-electron chi connectivity index (χ0n) is 10.8. The Morgan fingerprint density at radius 1 is 1.29 bits per heavy atom. The second kappa shape index (κ2) is 5.37. The van der Waals surface area contributed by atoms with Crippen LogP contribution in [-0.2, 0) is 18.5 Å². The molecular weight excluding hydrogens is 241 g/mol. The molecule has 6 heteroatoms. The van der Waals surface area contributed by atoms with Crippen molar-refractivity contribution in [3.8, 4) is 0 Å². The molecule has 17 heavy (non-hydrogen) atoms. The minimum absolute atomic E-state index is 0.194. The van der Waals surface area contributed by atoms with Crippen molar-refractivity contribution in [2.45, 2.75) is 45.0 Å². The van der Waals surface area contributed by atoms with Gasteiger partial charge >= 0.3 is 7.60 Å². The lowest BCUT2D eigenvalue weighted by molar-refractivity contribution is -0.135. The molecule has 0 spiro atoms. The fraction of sp³-hybridized carbons (Fsp3) is 1.00. The maximum absolute atomic E-state index is 12.8. The van der Waals surface area contributed by atoms with Crippen molar-refractivity contribution in [1.29, 1.82) is 0 Å². The molecule has 0 aromatic rings. The third-order valence-corrected chi connectivity index (χ3v) is 6.10. The molecule has 0 bridgehead atoms. The molecule has 3 atom stereocenters. The van der Waals surface area contributed by atoms with Crippen LogP contribution in [0.1, 0.15) is 33.1 Å². The molecule has 0 radical (unpaired) electrons. The molecule has 1 aliphatic heterocycles. The number of hydrogen-bond donors (Lipinski definition) is 0. The zero-order valence-corrected chi connectivity index (χ0v) is 11.7. The van der Waals surface area contributed by atoms with Crippen molar-refractivity contribution in [3.05, 3.63) is 0 Å². The van der Waals surface area contributed by atoms with Gasteiger partial charge in [0.25, 0.3) is 0 Å². The molecule has 0 aromatic carbocycles. The lowest BCUT2D eigenvalue weighted by Crippen LogP contribution is -2.30. The van der Waals surface area contributed by atoms with Crippen LogP contribution >= 0.6 is 7.60 Å². The smallest absolute Gasteiger partial charge is 0.308 e. The Morgan fingerprint density at radius 2 is 1.94 bits per heavy atom. The molecule has 2 fully saturated rings. The number of hydrogen-bond acceptors (Lipinski definition) is 5. The number of fused-ring (bicyclic) bond motifs is 1. The Bertz CT molecular complexity index is 302. The fourth-order valence-electron chi connectivity index (χ4n) is 2.96. The molecule has 0 unspecified atom stereocenters. The monoisotopic (exact) mass is 263 g/mol. The third-order valence-electron chi connectivity index (χ3n) is 3.50. The summed E-state index contributed by atoms with van der Waals surface area (Å²) in [4.78, 5) is 5.74. The van der Waals surface area contributed by atoms with Crippen molar-refractivity contribution < 1.29 is 18.5 Å². The van der Waals surface area contributed by atoms with E-state index >= 15 is 0 Å². The van der Waals surface area contributed by atoms with Gasteiger partial charge in [0, 0.05) is 13.0 Å². The summed E-state index contributed by atoms with van der Waals surface area (Å²) in [5.74, 6) is 0.0406. The molecule has 0 amide bonds. The highest BCUT2D eigenvalue weighted by Gasteiger charge is 2.54. The first-order valence-electron chi connectivity index (χ1n) is 6.40. The molecule has 2 rings (SSSR count). The number of nitrogens with zero attached hydrogens (tertiary/aromatic N) is 1. The summed E-state index contributed by atoms with van der Waals surface area (Å²) in [6.45, 7) is 4.49. The van der Waals surface area contributed by atoms with Crippen LogP contribution in [0, 0.1) is 5.92 Å². The van der Waals surface area contributed by atoms with Gasteiger partial charge in [-0.3, -0.25) is 9.40 Å². The maximum Gasteiger partial charge on any atom is 0.350 e. The molecular formula is C11H22NO4P. The van der Waals surface area contributed by atoms with E-state index in [0.717, 1.165) is 19.3 Å². The van der Waals surface area contributed by atoms with E-state index in [1.165, 1.54) is 0 Å². The molecule has 1 saturated carbocycles. The fourth-order valence-corrected chi connectivity index (χ4v) is 5.32. The highest BCUT2D eigenvalue weighted by Crippen LogP contribution is 2.61. The summed E-state index contributed by atoms with van der Waals surface area (Å²) in [6, 6.07) is 0. The van der Waals surface area contributed by atoms with Gasteiger partial charge in [0.1, 0.15) is 5.78 Å². The predicted octanol–water partition coefficient (Wildman–Crippen LogP) is 2.62. The highest BCUT2D eigenvalue weighted by atomic mass is 31.2. The van der Waals surface area contributed by atoms with E-state index in [2.05, 4.69) is 0 Å². The Kier molecular flexibility index (Phi) is 4.26. The Hall–Kier alpha value is 0.0700. The average molecular weight is 263 g/mol. The molecule has 100 valence electrons. The van der Waals surface area contributed by atoms with Crippen molar-refractivity contribution >= 4 is 7.60 Å². The second-order valence-corrected chi connectivity index (χ2v) is 6.70. The van der Waals surface area contributed by atoms with Crippen molar-refractivity contribution in [2.24, 2.45) is 5.92 Å². The van der Waals surface area contributed by atoms with Crippen molar-refractivity contribution in [3.63, 3.8) is 0 Å². The average Bonchev–Trinajstić information content (AvgIpc) is 2.77. The molecule has 2 aliphatic rings. The van der Waals surface area contributed by atoms with E-state index in [9.17, 15) is 4.57 Å². The van der Waals surface area contributed by atoms with Gasteiger partial charge in [0.05, 0.1) is 19.3 Å². The Balaban J connectivity index is 2.19. The third kappa shape index (κ3) is 2.45. The van der Waals surface area contributed by atoms with E-state index in [-0.39, 0.29) is 17.8 Å². The second-order valence-electron chi connectivity index (χ2n) is 4.57. The van der Waals surface area contributed by atoms with Gasteiger partial charge in [0.15, 0.2) is 0 Å². The lowest BCUT2D eigenvalue weighted by atomic mass is 10.1. The van der Waals surface area contributed by atoms with E-state index in [1.54, 1.807) is 5.06 Å². The van der Waals surface area contributed by atoms with E-state index in [0.29, 0.717) is 13.2 Å². The Morgan fingerprint density at radius 3 is 2.53 bits per heavy atom. The van der Waals surface area contributed by atoms with Crippen LogP contribution in [0.4, 0.5) is 0 Å². The molecule has 1 aliphatic carbocycles. The first-order chi connectivity index (χ1) is 8.12. The topological polar surface area (TPSA) is 48.0 Å². The van der Waals surface area contributed by atoms with Crippen LogP contribution in [-0.4, -0.2) is 37.2 Å². The van der Waals surface area contributed by atoms with Crippen LogP contribution in [0.5, 0.6) is 0 Å². The minimum Gasteiger partial charge on any atom is -0.308 e. The van der Waals surface area contributed by atoms with Gasteiger partial charge in [-0.25, -0.2) is 0 Å².